The van der Waals surface area contributed by atoms with E-state index in [0.717, 1.165) is 35.4 Å². The number of halogens is 1. The van der Waals surface area contributed by atoms with Crippen molar-refractivity contribution >= 4 is 11.9 Å². The Kier molecular flexibility index (Phi) is 4.00. The van der Waals surface area contributed by atoms with Crippen LogP contribution in [0.3, 0.4) is 0 Å². The van der Waals surface area contributed by atoms with Crippen LogP contribution in [0.2, 0.25) is 0 Å². The summed E-state index contributed by atoms with van der Waals surface area (Å²) in [6.45, 7) is 1.74. The molecule has 1 saturated heterocycles. The first-order valence-corrected chi connectivity index (χ1v) is 5.87. The lowest BCUT2D eigenvalue weighted by molar-refractivity contribution is -0.145. The van der Waals surface area contributed by atoms with Crippen molar-refractivity contribution in [2.24, 2.45) is 0 Å². The van der Waals surface area contributed by atoms with Gasteiger partial charge in [-0.05, 0) is 37.1 Å². The fourth-order valence-electron chi connectivity index (χ4n) is 1.58. The molecule has 0 saturated carbocycles. The predicted molar refractivity (Wildman–Crippen MR) is 58.5 cm³/mol. The molecule has 1 fully saturated rings. The highest BCUT2D eigenvalue weighted by atomic mass is 32.2. The second kappa shape index (κ2) is 5.49. The highest BCUT2D eigenvalue weighted by molar-refractivity contribution is 7.96. The van der Waals surface area contributed by atoms with Crippen LogP contribution in [0.25, 0.3) is 0 Å². The van der Waals surface area contributed by atoms with Crippen molar-refractivity contribution in [1.29, 1.82) is 0 Å². The molecule has 0 atom stereocenters. The van der Waals surface area contributed by atoms with E-state index in [9.17, 15) is 9.73 Å². The van der Waals surface area contributed by atoms with Crippen LogP contribution in [0.1, 0.15) is 12.8 Å². The van der Waals surface area contributed by atoms with Crippen molar-refractivity contribution < 1.29 is 14.7 Å². The lowest BCUT2D eigenvalue weighted by Crippen LogP contribution is -2.32. The number of nitrogens with zero attached hydrogens (tertiary/aromatic N) is 2. The second-order valence-electron chi connectivity index (χ2n) is 3.55. The van der Waals surface area contributed by atoms with Gasteiger partial charge >= 0.3 is 0 Å². The zero-order valence-corrected chi connectivity index (χ0v) is 9.49. The Labute approximate surface area is 97.6 Å². The predicted octanol–water partition coefficient (Wildman–Crippen LogP) is 2.66. The topological polar surface area (TPSA) is 35.9 Å². The van der Waals surface area contributed by atoms with Gasteiger partial charge in [-0.3, -0.25) is 10.1 Å². The van der Waals surface area contributed by atoms with E-state index in [-0.39, 0.29) is 5.75 Å². The molecule has 88 valence electrons. The summed E-state index contributed by atoms with van der Waals surface area (Å²) < 4.78 is 12.9. The standard InChI is InChI=1S/C10H13FN2O2S/c11-15-9-3-5-10(6-4-9)16-13(14)12-7-1-2-8-12/h3-6,14H,1-2,7-8H2. The Balaban J connectivity index is 1.92. The maximum absolute atomic E-state index is 11.8. The van der Waals surface area contributed by atoms with Crippen LogP contribution in [0.5, 0.6) is 5.75 Å². The van der Waals surface area contributed by atoms with Gasteiger partial charge in [0.1, 0.15) is 0 Å². The number of benzene rings is 1. The van der Waals surface area contributed by atoms with E-state index in [0.29, 0.717) is 0 Å². The summed E-state index contributed by atoms with van der Waals surface area (Å²) in [6.07, 6.45) is 2.21. The van der Waals surface area contributed by atoms with Crippen molar-refractivity contribution in [3.05, 3.63) is 24.3 Å². The number of hydrogen-bond donors (Lipinski definition) is 1. The van der Waals surface area contributed by atoms with Gasteiger partial charge in [0.15, 0.2) is 5.75 Å². The first kappa shape index (κ1) is 11.7. The molecule has 0 amide bonds. The average Bonchev–Trinajstić information content (AvgIpc) is 2.83. The molecule has 0 radical (unpaired) electrons. The van der Waals surface area contributed by atoms with Crippen molar-refractivity contribution in [2.45, 2.75) is 17.7 Å². The molecule has 0 spiro atoms. The van der Waals surface area contributed by atoms with Gasteiger partial charge in [0.25, 0.3) is 0 Å². The molecule has 1 aromatic carbocycles. The van der Waals surface area contributed by atoms with Gasteiger partial charge in [0.05, 0.1) is 0 Å². The summed E-state index contributed by atoms with van der Waals surface area (Å²) in [5, 5.41) is 11.6. The Bertz CT molecular complexity index is 330. The molecule has 0 bridgehead atoms. The number of rotatable bonds is 4. The number of hydrogen-bond acceptors (Lipinski definition) is 5. The molecule has 4 nitrogen and oxygen atoms in total. The SMILES string of the molecule is ON(Sc1ccc(OF)cc1)N1CCCC1. The van der Waals surface area contributed by atoms with E-state index < -0.39 is 0 Å². The van der Waals surface area contributed by atoms with E-state index in [1.807, 2.05) is 5.01 Å². The quantitative estimate of drug-likeness (QED) is 0.651. The molecule has 1 N–H and O–H groups in total. The van der Waals surface area contributed by atoms with Crippen molar-refractivity contribution in [1.82, 2.24) is 9.59 Å². The van der Waals surface area contributed by atoms with Gasteiger partial charge in [-0.15, -0.1) is 0 Å². The Morgan fingerprint density at radius 3 is 2.44 bits per heavy atom. The second-order valence-corrected chi connectivity index (χ2v) is 4.53. The molecule has 1 aliphatic heterocycles. The third-order valence-electron chi connectivity index (χ3n) is 2.42. The highest BCUT2D eigenvalue weighted by Gasteiger charge is 2.18. The lowest BCUT2D eigenvalue weighted by Gasteiger charge is -2.23. The molecule has 1 aliphatic rings. The van der Waals surface area contributed by atoms with E-state index in [2.05, 4.69) is 4.94 Å². The monoisotopic (exact) mass is 244 g/mol. The maximum atomic E-state index is 11.8. The third-order valence-corrected chi connectivity index (χ3v) is 3.30. The van der Waals surface area contributed by atoms with Crippen LogP contribution in [0.4, 0.5) is 4.53 Å². The summed E-state index contributed by atoms with van der Waals surface area (Å²) >= 11 is 1.20. The van der Waals surface area contributed by atoms with Crippen LogP contribution in [0, 0.1) is 0 Å². The van der Waals surface area contributed by atoms with Gasteiger partial charge in [0, 0.05) is 34.5 Å². The summed E-state index contributed by atoms with van der Waals surface area (Å²) in [5.41, 5.74) is 0. The van der Waals surface area contributed by atoms with Gasteiger partial charge < -0.3 is 0 Å². The minimum absolute atomic E-state index is 0.162. The fraction of sp³-hybridized carbons (Fsp3) is 0.400. The first-order valence-electron chi connectivity index (χ1n) is 5.10. The van der Waals surface area contributed by atoms with E-state index in [1.54, 1.807) is 12.1 Å². The third kappa shape index (κ3) is 2.85. The minimum Gasteiger partial charge on any atom is -0.294 e. The smallest absolute Gasteiger partial charge is 0.171 e. The van der Waals surface area contributed by atoms with Crippen LogP contribution in [0.15, 0.2) is 29.2 Å². The average molecular weight is 244 g/mol. The maximum Gasteiger partial charge on any atom is 0.171 e. The molecular weight excluding hydrogens is 231 g/mol. The van der Waals surface area contributed by atoms with Crippen LogP contribution in [-0.4, -0.2) is 27.9 Å². The van der Waals surface area contributed by atoms with Crippen LogP contribution < -0.4 is 4.94 Å². The number of hydrazine groups is 1. The van der Waals surface area contributed by atoms with Gasteiger partial charge in [-0.25, -0.2) is 5.01 Å². The molecule has 6 heteroatoms. The van der Waals surface area contributed by atoms with E-state index in [1.165, 1.54) is 24.1 Å². The minimum atomic E-state index is 0.162. The van der Waals surface area contributed by atoms with Crippen LogP contribution in [-0.2, 0) is 0 Å². The molecular formula is C10H13FN2O2S. The zero-order chi connectivity index (χ0) is 11.4. The summed E-state index contributed by atoms with van der Waals surface area (Å²) in [4.78, 5) is 4.41. The first-order chi connectivity index (χ1) is 7.79. The normalized spacial score (nSPS) is 16.9. The van der Waals surface area contributed by atoms with Crippen molar-refractivity contribution in [3.63, 3.8) is 0 Å². The highest BCUT2D eigenvalue weighted by Crippen LogP contribution is 2.26. The van der Waals surface area contributed by atoms with Crippen molar-refractivity contribution in [2.75, 3.05) is 13.1 Å². The molecule has 0 aromatic heterocycles. The van der Waals surface area contributed by atoms with Gasteiger partial charge in [0.2, 0.25) is 0 Å². The van der Waals surface area contributed by atoms with Crippen molar-refractivity contribution in [3.8, 4) is 5.75 Å². The Morgan fingerprint density at radius 2 is 1.88 bits per heavy atom. The lowest BCUT2D eigenvalue weighted by atomic mass is 10.3. The molecule has 16 heavy (non-hydrogen) atoms. The summed E-state index contributed by atoms with van der Waals surface area (Å²) in [6, 6.07) is 6.41. The molecule has 1 heterocycles. The van der Waals surface area contributed by atoms with E-state index in [4.69, 9.17) is 0 Å². The zero-order valence-electron chi connectivity index (χ0n) is 8.67. The Hall–Kier alpha value is -0.820. The molecule has 0 aliphatic carbocycles. The van der Waals surface area contributed by atoms with Crippen LogP contribution >= 0.6 is 11.9 Å². The Morgan fingerprint density at radius 1 is 1.25 bits per heavy atom. The molecule has 0 unspecified atom stereocenters. The summed E-state index contributed by atoms with van der Waals surface area (Å²) in [7, 11) is 0. The molecule has 2 rings (SSSR count). The largest absolute Gasteiger partial charge is 0.294 e. The fourth-order valence-corrected chi connectivity index (χ4v) is 2.30. The molecule has 1 aromatic rings. The van der Waals surface area contributed by atoms with Gasteiger partial charge in [-0.2, -0.15) is 0 Å². The summed E-state index contributed by atoms with van der Waals surface area (Å²) in [5.74, 6) is 0.162. The van der Waals surface area contributed by atoms with E-state index >= 15 is 0 Å². The van der Waals surface area contributed by atoms with Gasteiger partial charge in [-0.1, -0.05) is 4.58 Å².